The van der Waals surface area contributed by atoms with Gasteiger partial charge in [0.15, 0.2) is 0 Å². The van der Waals surface area contributed by atoms with Gasteiger partial charge in [-0.05, 0) is 25.5 Å². The van der Waals surface area contributed by atoms with E-state index in [9.17, 15) is 4.79 Å². The molecule has 0 aromatic heterocycles. The van der Waals surface area contributed by atoms with Crippen molar-refractivity contribution in [2.24, 2.45) is 0 Å². The molecule has 1 amide bonds. The quantitative estimate of drug-likeness (QED) is 0.555. The summed E-state index contributed by atoms with van der Waals surface area (Å²) in [5, 5.41) is 2.94. The highest BCUT2D eigenvalue weighted by molar-refractivity contribution is 5.99. The maximum absolute atomic E-state index is 12.0. The Hall–Kier alpha value is -1.51. The van der Waals surface area contributed by atoms with Crippen molar-refractivity contribution in [1.82, 2.24) is 5.32 Å². The molecule has 0 fully saturated rings. The van der Waals surface area contributed by atoms with Gasteiger partial charge in [-0.25, -0.2) is 0 Å². The van der Waals surface area contributed by atoms with Crippen molar-refractivity contribution < 1.29 is 4.79 Å². The fraction of sp³-hybridized carbons (Fsp3) is 0.562. The Labute approximate surface area is 116 Å². The van der Waals surface area contributed by atoms with Crippen molar-refractivity contribution in [3.8, 4) is 0 Å². The summed E-state index contributed by atoms with van der Waals surface area (Å²) in [6.45, 7) is 4.91. The molecule has 19 heavy (non-hydrogen) atoms. The first-order valence-corrected chi connectivity index (χ1v) is 7.29. The number of nitrogens with two attached hydrogens (primary N) is 1. The van der Waals surface area contributed by atoms with Crippen molar-refractivity contribution in [3.05, 3.63) is 29.3 Å². The number of aryl methyl sites for hydroxylation is 1. The van der Waals surface area contributed by atoms with Crippen LogP contribution in [0, 0.1) is 6.92 Å². The lowest BCUT2D eigenvalue weighted by Gasteiger charge is -2.08. The van der Waals surface area contributed by atoms with Gasteiger partial charge in [-0.15, -0.1) is 0 Å². The molecule has 0 aliphatic rings. The lowest BCUT2D eigenvalue weighted by Crippen LogP contribution is -2.25. The van der Waals surface area contributed by atoms with Crippen LogP contribution in [0.5, 0.6) is 0 Å². The lowest BCUT2D eigenvalue weighted by atomic mass is 10.1. The van der Waals surface area contributed by atoms with Gasteiger partial charge < -0.3 is 11.1 Å². The fourth-order valence-corrected chi connectivity index (χ4v) is 2.07. The summed E-state index contributed by atoms with van der Waals surface area (Å²) >= 11 is 0. The number of anilines is 1. The van der Waals surface area contributed by atoms with Crippen LogP contribution in [0.2, 0.25) is 0 Å². The van der Waals surface area contributed by atoms with E-state index in [0.29, 0.717) is 11.3 Å². The number of nitrogens with one attached hydrogen (secondary N) is 1. The monoisotopic (exact) mass is 262 g/mol. The third kappa shape index (κ3) is 5.77. The van der Waals surface area contributed by atoms with E-state index in [4.69, 9.17) is 5.73 Å². The van der Waals surface area contributed by atoms with Gasteiger partial charge in [-0.3, -0.25) is 4.79 Å². The molecule has 0 bridgehead atoms. The highest BCUT2D eigenvalue weighted by Gasteiger charge is 2.08. The molecule has 0 radical (unpaired) electrons. The highest BCUT2D eigenvalue weighted by Crippen LogP contribution is 2.13. The minimum Gasteiger partial charge on any atom is -0.398 e. The van der Waals surface area contributed by atoms with E-state index in [2.05, 4.69) is 12.2 Å². The number of hydrogen-bond acceptors (Lipinski definition) is 2. The van der Waals surface area contributed by atoms with Crippen molar-refractivity contribution >= 4 is 11.6 Å². The van der Waals surface area contributed by atoms with Gasteiger partial charge in [0.05, 0.1) is 5.56 Å². The molecule has 1 aromatic carbocycles. The first-order valence-electron chi connectivity index (χ1n) is 7.29. The van der Waals surface area contributed by atoms with Crippen LogP contribution in [0.25, 0.3) is 0 Å². The third-order valence-electron chi connectivity index (χ3n) is 3.27. The number of nitrogen functional groups attached to an aromatic ring is 1. The maximum Gasteiger partial charge on any atom is 0.253 e. The molecule has 0 saturated carbocycles. The summed E-state index contributed by atoms with van der Waals surface area (Å²) in [5.74, 6) is -0.0604. The lowest BCUT2D eigenvalue weighted by molar-refractivity contribution is 0.0953. The van der Waals surface area contributed by atoms with E-state index in [1.807, 2.05) is 19.1 Å². The van der Waals surface area contributed by atoms with Crippen LogP contribution >= 0.6 is 0 Å². The van der Waals surface area contributed by atoms with Crippen LogP contribution in [0.1, 0.15) is 61.4 Å². The Kier molecular flexibility index (Phi) is 7.01. The number of benzene rings is 1. The normalized spacial score (nSPS) is 10.4. The second-order valence-electron chi connectivity index (χ2n) is 5.11. The molecule has 3 nitrogen and oxygen atoms in total. The standard InChI is InChI=1S/C16H26N2O/c1-3-4-5-6-7-8-11-18-16(19)14-12-13(2)9-10-15(14)17/h9-10,12H,3-8,11,17H2,1-2H3,(H,18,19). The Morgan fingerprint density at radius 2 is 1.84 bits per heavy atom. The van der Waals surface area contributed by atoms with E-state index in [1.54, 1.807) is 6.07 Å². The smallest absolute Gasteiger partial charge is 0.253 e. The zero-order valence-electron chi connectivity index (χ0n) is 12.2. The number of carbonyl (C=O) groups excluding carboxylic acids is 1. The van der Waals surface area contributed by atoms with Crippen LogP contribution in [-0.2, 0) is 0 Å². The molecule has 0 atom stereocenters. The second kappa shape index (κ2) is 8.57. The Morgan fingerprint density at radius 3 is 2.58 bits per heavy atom. The molecule has 106 valence electrons. The van der Waals surface area contributed by atoms with Crippen LogP contribution in [0.4, 0.5) is 5.69 Å². The van der Waals surface area contributed by atoms with Crippen LogP contribution in [-0.4, -0.2) is 12.5 Å². The largest absolute Gasteiger partial charge is 0.398 e. The number of carbonyl (C=O) groups is 1. The average Bonchev–Trinajstić information content (AvgIpc) is 2.40. The molecule has 0 heterocycles. The minimum absolute atomic E-state index is 0.0604. The van der Waals surface area contributed by atoms with Crippen LogP contribution in [0.15, 0.2) is 18.2 Å². The van der Waals surface area contributed by atoms with E-state index >= 15 is 0 Å². The summed E-state index contributed by atoms with van der Waals surface area (Å²) in [4.78, 5) is 12.0. The maximum atomic E-state index is 12.0. The van der Waals surface area contributed by atoms with Crippen molar-refractivity contribution in [3.63, 3.8) is 0 Å². The van der Waals surface area contributed by atoms with Gasteiger partial charge in [0.2, 0.25) is 0 Å². The molecule has 0 saturated heterocycles. The molecule has 3 heteroatoms. The van der Waals surface area contributed by atoms with Crippen LogP contribution in [0.3, 0.4) is 0 Å². The van der Waals surface area contributed by atoms with Crippen molar-refractivity contribution in [2.45, 2.75) is 52.4 Å². The van der Waals surface area contributed by atoms with Gasteiger partial charge in [0.1, 0.15) is 0 Å². The van der Waals surface area contributed by atoms with Gasteiger partial charge in [0, 0.05) is 12.2 Å². The van der Waals surface area contributed by atoms with Gasteiger partial charge >= 0.3 is 0 Å². The second-order valence-corrected chi connectivity index (χ2v) is 5.11. The zero-order valence-corrected chi connectivity index (χ0v) is 12.2. The molecular weight excluding hydrogens is 236 g/mol. The molecule has 1 aromatic rings. The summed E-state index contributed by atoms with van der Waals surface area (Å²) in [7, 11) is 0. The average molecular weight is 262 g/mol. The summed E-state index contributed by atoms with van der Waals surface area (Å²) < 4.78 is 0. The Morgan fingerprint density at radius 1 is 1.16 bits per heavy atom. The van der Waals surface area contributed by atoms with Gasteiger partial charge in [-0.2, -0.15) is 0 Å². The third-order valence-corrected chi connectivity index (χ3v) is 3.27. The summed E-state index contributed by atoms with van der Waals surface area (Å²) in [6.07, 6.45) is 7.37. The fourth-order valence-electron chi connectivity index (χ4n) is 2.07. The minimum atomic E-state index is -0.0604. The molecule has 3 N–H and O–H groups in total. The number of hydrogen-bond donors (Lipinski definition) is 2. The SMILES string of the molecule is CCCCCCCCNC(=O)c1cc(C)ccc1N. The molecule has 1 rings (SSSR count). The molecule has 0 spiro atoms. The first-order chi connectivity index (χ1) is 9.15. The number of amides is 1. The van der Waals surface area contributed by atoms with Gasteiger partial charge in [-0.1, -0.05) is 50.7 Å². The van der Waals surface area contributed by atoms with Crippen molar-refractivity contribution in [2.75, 3.05) is 12.3 Å². The van der Waals surface area contributed by atoms with Crippen LogP contribution < -0.4 is 11.1 Å². The zero-order chi connectivity index (χ0) is 14.1. The molecule has 0 aliphatic heterocycles. The van der Waals surface area contributed by atoms with E-state index in [1.165, 1.54) is 32.1 Å². The predicted octanol–water partition coefficient (Wildman–Crippen LogP) is 3.67. The summed E-state index contributed by atoms with van der Waals surface area (Å²) in [5.41, 5.74) is 8.01. The Bertz CT molecular complexity index is 402. The number of rotatable bonds is 8. The molecule has 0 unspecified atom stereocenters. The van der Waals surface area contributed by atoms with E-state index in [0.717, 1.165) is 18.5 Å². The topological polar surface area (TPSA) is 55.1 Å². The first kappa shape index (κ1) is 15.5. The predicted molar refractivity (Wildman–Crippen MR) is 81.3 cm³/mol. The summed E-state index contributed by atoms with van der Waals surface area (Å²) in [6, 6.07) is 5.54. The molecule has 0 aliphatic carbocycles. The van der Waals surface area contributed by atoms with E-state index < -0.39 is 0 Å². The van der Waals surface area contributed by atoms with E-state index in [-0.39, 0.29) is 5.91 Å². The Balaban J connectivity index is 2.26. The van der Waals surface area contributed by atoms with Crippen molar-refractivity contribution in [1.29, 1.82) is 0 Å². The molecular formula is C16H26N2O. The van der Waals surface area contributed by atoms with Gasteiger partial charge in [0.25, 0.3) is 5.91 Å². The number of unbranched alkanes of at least 4 members (excludes halogenated alkanes) is 5. The highest BCUT2D eigenvalue weighted by atomic mass is 16.1.